The summed E-state index contributed by atoms with van der Waals surface area (Å²) in [6.07, 6.45) is 0. The summed E-state index contributed by atoms with van der Waals surface area (Å²) in [5.41, 5.74) is 5.01. The number of benzene rings is 3. The highest BCUT2D eigenvalue weighted by molar-refractivity contribution is 6.30. The summed E-state index contributed by atoms with van der Waals surface area (Å²) < 4.78 is 6.83. The Bertz CT molecular complexity index is 1360. The average Bonchev–Trinajstić information content (AvgIpc) is 3.17. The molecule has 1 aliphatic rings. The van der Waals surface area contributed by atoms with Crippen LogP contribution >= 0.6 is 11.6 Å². The molecule has 0 atom stereocenters. The summed E-state index contributed by atoms with van der Waals surface area (Å²) >= 11 is 6.07. The van der Waals surface area contributed by atoms with Crippen molar-refractivity contribution in [3.63, 3.8) is 0 Å². The second kappa shape index (κ2) is 8.52. The quantitative estimate of drug-likeness (QED) is 0.412. The molecule has 1 aliphatic heterocycles. The van der Waals surface area contributed by atoms with Crippen molar-refractivity contribution < 1.29 is 9.53 Å². The number of nitrogens with zero attached hydrogens (tertiary/aromatic N) is 5. The Hall–Kier alpha value is -3.97. The maximum atomic E-state index is 11.9. The zero-order valence-electron chi connectivity index (χ0n) is 18.1. The van der Waals surface area contributed by atoms with E-state index in [9.17, 15) is 4.79 Å². The number of halogens is 1. The van der Waals surface area contributed by atoms with E-state index in [-0.39, 0.29) is 5.97 Å². The Morgan fingerprint density at radius 3 is 2.42 bits per heavy atom. The fourth-order valence-corrected chi connectivity index (χ4v) is 3.98. The molecule has 5 rings (SSSR count). The van der Waals surface area contributed by atoms with Crippen LogP contribution in [0.4, 0.5) is 5.95 Å². The van der Waals surface area contributed by atoms with Crippen molar-refractivity contribution in [1.29, 1.82) is 0 Å². The Kier molecular flexibility index (Phi) is 5.40. The number of aromatic nitrogens is 3. The highest BCUT2D eigenvalue weighted by atomic mass is 35.5. The summed E-state index contributed by atoms with van der Waals surface area (Å²) in [4.78, 5) is 11.9. The van der Waals surface area contributed by atoms with E-state index in [1.54, 1.807) is 12.1 Å². The first kappa shape index (κ1) is 20.9. The van der Waals surface area contributed by atoms with Gasteiger partial charge in [-0.05, 0) is 42.8 Å². The average molecular weight is 458 g/mol. The van der Waals surface area contributed by atoms with Gasteiger partial charge < -0.3 is 4.74 Å². The molecule has 2 heterocycles. The maximum Gasteiger partial charge on any atom is 0.337 e. The normalized spacial score (nSPS) is 12.5. The molecule has 0 aliphatic carbocycles. The van der Waals surface area contributed by atoms with Crippen molar-refractivity contribution in [1.82, 2.24) is 14.8 Å². The molecule has 0 bridgehead atoms. The summed E-state index contributed by atoms with van der Waals surface area (Å²) in [5, 5.41) is 16.3. The van der Waals surface area contributed by atoms with Crippen molar-refractivity contribution in [2.24, 2.45) is 5.10 Å². The van der Waals surface area contributed by atoms with Crippen molar-refractivity contribution >= 4 is 29.2 Å². The lowest BCUT2D eigenvalue weighted by atomic mass is 9.99. The smallest absolute Gasteiger partial charge is 0.337 e. The number of hydrogen-bond acceptors (Lipinski definition) is 6. The van der Waals surface area contributed by atoms with Crippen molar-refractivity contribution in [3.05, 3.63) is 106 Å². The second-order valence-corrected chi connectivity index (χ2v) is 8.04. The molecule has 0 saturated carbocycles. The molecule has 33 heavy (non-hydrogen) atoms. The number of carbonyl (C=O) groups is 1. The lowest BCUT2D eigenvalue weighted by Gasteiger charge is -2.18. The zero-order chi connectivity index (χ0) is 22.9. The lowest BCUT2D eigenvalue weighted by Crippen LogP contribution is -2.20. The molecule has 164 valence electrons. The van der Waals surface area contributed by atoms with Gasteiger partial charge in [-0.25, -0.2) is 9.80 Å². The lowest BCUT2D eigenvalue weighted by molar-refractivity contribution is 0.0600. The number of hydrogen-bond donors (Lipinski definition) is 0. The molecule has 0 radical (unpaired) electrons. The number of carbonyl (C=O) groups excluding carboxylic acids is 1. The minimum absolute atomic E-state index is 0.379. The number of aryl methyl sites for hydroxylation is 1. The third kappa shape index (κ3) is 3.87. The van der Waals surface area contributed by atoms with Crippen LogP contribution in [-0.2, 0) is 11.3 Å². The van der Waals surface area contributed by atoms with E-state index in [1.807, 2.05) is 77.2 Å². The van der Waals surface area contributed by atoms with Gasteiger partial charge in [-0.3, -0.25) is 4.57 Å². The standard InChI is InChI=1S/C25H20ClN5O2/c1-16-27-28-25-30(15-17-7-13-20(26)14-8-17)29-23(21-5-3-4-6-22(21)31(16)25)18-9-11-19(12-10-18)24(32)33-2/h3-14H,15H2,1-2H3. The number of esters is 1. The van der Waals surface area contributed by atoms with E-state index in [0.717, 1.165) is 33.9 Å². The van der Waals surface area contributed by atoms with Crippen LogP contribution in [0.2, 0.25) is 5.02 Å². The number of rotatable bonds is 4. The van der Waals surface area contributed by atoms with Crippen LogP contribution in [0, 0.1) is 6.92 Å². The van der Waals surface area contributed by atoms with Gasteiger partial charge >= 0.3 is 5.97 Å². The number of para-hydroxylation sites is 1. The summed E-state index contributed by atoms with van der Waals surface area (Å²) in [6.45, 7) is 2.40. The largest absolute Gasteiger partial charge is 0.465 e. The minimum Gasteiger partial charge on any atom is -0.465 e. The fourth-order valence-electron chi connectivity index (χ4n) is 3.85. The van der Waals surface area contributed by atoms with E-state index in [1.165, 1.54) is 7.11 Å². The number of ether oxygens (including phenoxy) is 1. The third-order valence-corrected chi connectivity index (χ3v) is 5.74. The first-order valence-electron chi connectivity index (χ1n) is 10.4. The predicted molar refractivity (Wildman–Crippen MR) is 127 cm³/mol. The van der Waals surface area contributed by atoms with Crippen LogP contribution in [-0.4, -0.2) is 33.6 Å². The van der Waals surface area contributed by atoms with Crippen LogP contribution in [0.25, 0.3) is 5.69 Å². The predicted octanol–water partition coefficient (Wildman–Crippen LogP) is 4.79. The van der Waals surface area contributed by atoms with Crippen LogP contribution in [0.1, 0.15) is 32.9 Å². The topological polar surface area (TPSA) is 72.6 Å². The van der Waals surface area contributed by atoms with E-state index < -0.39 is 0 Å². The molecule has 0 fully saturated rings. The number of anilines is 1. The molecule has 4 aromatic rings. The number of methoxy groups -OCH3 is 1. The van der Waals surface area contributed by atoms with Gasteiger partial charge in [-0.2, -0.15) is 5.10 Å². The minimum atomic E-state index is -0.379. The van der Waals surface area contributed by atoms with Crippen LogP contribution < -0.4 is 5.01 Å². The van der Waals surface area contributed by atoms with Gasteiger partial charge in [-0.15, -0.1) is 10.2 Å². The first-order valence-corrected chi connectivity index (χ1v) is 10.7. The Morgan fingerprint density at radius 2 is 1.70 bits per heavy atom. The zero-order valence-corrected chi connectivity index (χ0v) is 18.8. The van der Waals surface area contributed by atoms with Crippen molar-refractivity contribution in [2.75, 3.05) is 12.1 Å². The highest BCUT2D eigenvalue weighted by Gasteiger charge is 2.26. The van der Waals surface area contributed by atoms with Gasteiger partial charge in [0.2, 0.25) is 0 Å². The molecular weight excluding hydrogens is 438 g/mol. The van der Waals surface area contributed by atoms with Gasteiger partial charge in [0, 0.05) is 16.1 Å². The van der Waals surface area contributed by atoms with Crippen LogP contribution in [0.15, 0.2) is 77.9 Å². The van der Waals surface area contributed by atoms with E-state index >= 15 is 0 Å². The molecule has 0 saturated heterocycles. The second-order valence-electron chi connectivity index (χ2n) is 7.60. The molecule has 0 unspecified atom stereocenters. The number of fused-ring (bicyclic) bond motifs is 3. The van der Waals surface area contributed by atoms with E-state index in [0.29, 0.717) is 23.1 Å². The third-order valence-electron chi connectivity index (χ3n) is 5.48. The Labute approximate surface area is 195 Å². The molecule has 0 N–H and O–H groups in total. The monoisotopic (exact) mass is 457 g/mol. The molecule has 1 aromatic heterocycles. The highest BCUT2D eigenvalue weighted by Crippen LogP contribution is 2.30. The SMILES string of the molecule is COC(=O)c1ccc(C2=NN(Cc3ccc(Cl)cc3)c3nnc(C)n3-c3ccccc32)cc1. The number of hydrazone groups is 1. The van der Waals surface area contributed by atoms with Gasteiger partial charge in [0.25, 0.3) is 5.95 Å². The Morgan fingerprint density at radius 1 is 0.970 bits per heavy atom. The van der Waals surface area contributed by atoms with E-state index in [4.69, 9.17) is 21.4 Å². The van der Waals surface area contributed by atoms with Gasteiger partial charge in [0.15, 0.2) is 0 Å². The molecule has 0 spiro atoms. The summed E-state index contributed by atoms with van der Waals surface area (Å²) in [5.74, 6) is 1.00. The van der Waals surface area contributed by atoms with Gasteiger partial charge in [0.1, 0.15) is 11.5 Å². The molecule has 7 nitrogen and oxygen atoms in total. The molecule has 0 amide bonds. The molecule has 8 heteroatoms. The summed E-state index contributed by atoms with van der Waals surface area (Å²) in [6, 6.07) is 22.9. The molecular formula is C25H20ClN5O2. The van der Waals surface area contributed by atoms with E-state index in [2.05, 4.69) is 10.2 Å². The molecule has 3 aromatic carbocycles. The first-order chi connectivity index (χ1) is 16.0. The summed E-state index contributed by atoms with van der Waals surface area (Å²) in [7, 11) is 1.37. The fraction of sp³-hybridized carbons (Fsp3) is 0.120. The van der Waals surface area contributed by atoms with Gasteiger partial charge in [0.05, 0.1) is 24.9 Å². The maximum absolute atomic E-state index is 11.9. The Balaban J connectivity index is 1.67. The van der Waals surface area contributed by atoms with Crippen LogP contribution in [0.3, 0.4) is 0 Å². The van der Waals surface area contributed by atoms with Crippen molar-refractivity contribution in [2.45, 2.75) is 13.5 Å². The van der Waals surface area contributed by atoms with Crippen molar-refractivity contribution in [3.8, 4) is 5.69 Å². The van der Waals surface area contributed by atoms with Crippen LogP contribution in [0.5, 0.6) is 0 Å². The van der Waals surface area contributed by atoms with Gasteiger partial charge in [-0.1, -0.05) is 54.1 Å².